The highest BCUT2D eigenvalue weighted by Crippen LogP contribution is 2.42. The van der Waals surface area contributed by atoms with E-state index in [-0.39, 0.29) is 5.91 Å². The van der Waals surface area contributed by atoms with Gasteiger partial charge in [0.1, 0.15) is 18.1 Å². The third-order valence-corrected chi connectivity index (χ3v) is 3.63. The summed E-state index contributed by atoms with van der Waals surface area (Å²) in [5, 5.41) is 0. The predicted octanol–water partition coefficient (Wildman–Crippen LogP) is 3.35. The van der Waals surface area contributed by atoms with Crippen molar-refractivity contribution in [2.45, 2.75) is 6.61 Å². The van der Waals surface area contributed by atoms with E-state index in [1.165, 1.54) is 6.21 Å². The van der Waals surface area contributed by atoms with Crippen LogP contribution < -0.4 is 4.74 Å². The van der Waals surface area contributed by atoms with Crippen LogP contribution in [0.4, 0.5) is 5.69 Å². The molecule has 2 aliphatic heterocycles. The standard InChI is InChI=1S/C18H12N2O2/c21-18-17-13(9-10-19-18)16-14(20-17)7-4-8-15(16)22-11-12-5-2-1-3-6-12/h1-10H,11H2. The average Bonchev–Trinajstić information content (AvgIpc) is 2.95. The Kier molecular flexibility index (Phi) is 2.93. The van der Waals surface area contributed by atoms with Gasteiger partial charge in [-0.25, -0.2) is 9.98 Å². The molecular weight excluding hydrogens is 276 g/mol. The monoisotopic (exact) mass is 288 g/mol. The number of allylic oxidation sites excluding steroid dienone is 1. The van der Waals surface area contributed by atoms with E-state index >= 15 is 0 Å². The first-order valence-electron chi connectivity index (χ1n) is 7.01. The molecule has 0 N–H and O–H groups in total. The zero-order chi connectivity index (χ0) is 14.9. The van der Waals surface area contributed by atoms with Gasteiger partial charge >= 0.3 is 0 Å². The highest BCUT2D eigenvalue weighted by molar-refractivity contribution is 6.60. The quantitative estimate of drug-likeness (QED) is 0.869. The minimum atomic E-state index is -0.303. The molecule has 106 valence electrons. The molecule has 0 saturated heterocycles. The van der Waals surface area contributed by atoms with Crippen LogP contribution in [-0.2, 0) is 11.4 Å². The van der Waals surface area contributed by atoms with E-state index in [0.29, 0.717) is 12.3 Å². The normalized spacial score (nSPS) is 15.0. The van der Waals surface area contributed by atoms with Crippen molar-refractivity contribution < 1.29 is 9.53 Å². The number of dihydropyridines is 1. The number of amides is 1. The second-order valence-electron chi connectivity index (χ2n) is 5.05. The third kappa shape index (κ3) is 2.05. The Morgan fingerprint density at radius 1 is 1.00 bits per heavy atom. The highest BCUT2D eigenvalue weighted by atomic mass is 16.5. The van der Waals surface area contributed by atoms with Crippen LogP contribution in [0.1, 0.15) is 11.1 Å². The molecule has 0 radical (unpaired) electrons. The average molecular weight is 288 g/mol. The molecular formula is C18H12N2O2. The SMILES string of the molecule is O=C1N=CC=C2C1=Nc1cccc(OCc3ccccc3)c12. The molecule has 0 bridgehead atoms. The Balaban J connectivity index is 1.68. The largest absolute Gasteiger partial charge is 0.488 e. The molecule has 0 saturated carbocycles. The Morgan fingerprint density at radius 3 is 2.73 bits per heavy atom. The maximum atomic E-state index is 11.8. The summed E-state index contributed by atoms with van der Waals surface area (Å²) in [4.78, 5) is 20.0. The lowest BCUT2D eigenvalue weighted by Gasteiger charge is -2.12. The second kappa shape index (κ2) is 5.07. The second-order valence-corrected chi connectivity index (χ2v) is 5.05. The van der Waals surface area contributed by atoms with E-state index in [1.807, 2.05) is 48.5 Å². The van der Waals surface area contributed by atoms with Gasteiger partial charge in [-0.05, 0) is 23.8 Å². The van der Waals surface area contributed by atoms with Gasteiger partial charge in [0.2, 0.25) is 0 Å². The number of fused-ring (bicyclic) bond motifs is 3. The van der Waals surface area contributed by atoms with E-state index in [9.17, 15) is 4.79 Å². The lowest BCUT2D eigenvalue weighted by atomic mass is 10.00. The molecule has 0 aromatic heterocycles. The fourth-order valence-electron chi connectivity index (χ4n) is 2.60. The van der Waals surface area contributed by atoms with E-state index in [2.05, 4.69) is 9.98 Å². The molecule has 0 spiro atoms. The van der Waals surface area contributed by atoms with Gasteiger partial charge in [0.15, 0.2) is 0 Å². The van der Waals surface area contributed by atoms with Crippen molar-refractivity contribution in [3.63, 3.8) is 0 Å². The molecule has 1 amide bonds. The first-order chi connectivity index (χ1) is 10.8. The maximum absolute atomic E-state index is 11.8. The lowest BCUT2D eigenvalue weighted by molar-refractivity contribution is -0.111. The molecule has 4 rings (SSSR count). The zero-order valence-electron chi connectivity index (χ0n) is 11.7. The van der Waals surface area contributed by atoms with Crippen LogP contribution in [0.3, 0.4) is 0 Å². The van der Waals surface area contributed by atoms with Crippen molar-refractivity contribution in [3.05, 3.63) is 65.7 Å². The molecule has 2 aromatic carbocycles. The third-order valence-electron chi connectivity index (χ3n) is 3.63. The van der Waals surface area contributed by atoms with Crippen molar-refractivity contribution in [3.8, 4) is 5.75 Å². The van der Waals surface area contributed by atoms with Crippen LogP contribution >= 0.6 is 0 Å². The van der Waals surface area contributed by atoms with E-state index in [4.69, 9.17) is 4.74 Å². The Labute approximate surface area is 127 Å². The summed E-state index contributed by atoms with van der Waals surface area (Å²) in [5.74, 6) is 0.428. The van der Waals surface area contributed by atoms with Crippen LogP contribution in [0, 0.1) is 0 Å². The van der Waals surface area contributed by atoms with Crippen LogP contribution in [0.2, 0.25) is 0 Å². The number of aliphatic imine (C=N–C) groups is 2. The summed E-state index contributed by atoms with van der Waals surface area (Å²) in [7, 11) is 0. The number of benzene rings is 2. The summed E-state index contributed by atoms with van der Waals surface area (Å²) < 4.78 is 5.95. The van der Waals surface area contributed by atoms with Crippen molar-refractivity contribution in [2.24, 2.45) is 9.98 Å². The smallest absolute Gasteiger partial charge is 0.296 e. The number of carbonyl (C=O) groups is 1. The minimum Gasteiger partial charge on any atom is -0.488 e. The molecule has 0 aliphatic carbocycles. The number of nitrogens with zero attached hydrogens (tertiary/aromatic N) is 2. The van der Waals surface area contributed by atoms with Gasteiger partial charge in [0, 0.05) is 11.8 Å². The summed E-state index contributed by atoms with van der Waals surface area (Å²) in [6, 6.07) is 15.6. The summed E-state index contributed by atoms with van der Waals surface area (Å²) in [6.07, 6.45) is 3.32. The maximum Gasteiger partial charge on any atom is 0.296 e. The van der Waals surface area contributed by atoms with Gasteiger partial charge in [-0.3, -0.25) is 4.79 Å². The topological polar surface area (TPSA) is 51.0 Å². The van der Waals surface area contributed by atoms with Gasteiger partial charge < -0.3 is 4.74 Å². The van der Waals surface area contributed by atoms with Crippen LogP contribution in [-0.4, -0.2) is 17.8 Å². The molecule has 4 nitrogen and oxygen atoms in total. The van der Waals surface area contributed by atoms with Gasteiger partial charge in [-0.15, -0.1) is 0 Å². The highest BCUT2D eigenvalue weighted by Gasteiger charge is 2.30. The Morgan fingerprint density at radius 2 is 1.86 bits per heavy atom. The zero-order valence-corrected chi connectivity index (χ0v) is 11.7. The molecule has 4 heteroatoms. The molecule has 2 aliphatic rings. The van der Waals surface area contributed by atoms with Gasteiger partial charge in [0.25, 0.3) is 5.91 Å². The fourth-order valence-corrected chi connectivity index (χ4v) is 2.60. The van der Waals surface area contributed by atoms with E-state index in [0.717, 1.165) is 28.1 Å². The summed E-state index contributed by atoms with van der Waals surface area (Å²) in [5.41, 5.74) is 3.90. The first-order valence-corrected chi connectivity index (χ1v) is 7.01. The molecule has 22 heavy (non-hydrogen) atoms. The summed E-state index contributed by atoms with van der Waals surface area (Å²) in [6.45, 7) is 0.474. The summed E-state index contributed by atoms with van der Waals surface area (Å²) >= 11 is 0. The number of hydrogen-bond acceptors (Lipinski definition) is 3. The molecule has 0 atom stereocenters. The number of rotatable bonds is 3. The molecule has 0 unspecified atom stereocenters. The van der Waals surface area contributed by atoms with E-state index < -0.39 is 0 Å². The van der Waals surface area contributed by atoms with Crippen molar-refractivity contribution in [2.75, 3.05) is 0 Å². The number of carbonyl (C=O) groups excluding carboxylic acids is 1. The van der Waals surface area contributed by atoms with Crippen molar-refractivity contribution in [1.82, 2.24) is 0 Å². The van der Waals surface area contributed by atoms with Gasteiger partial charge in [-0.2, -0.15) is 0 Å². The fraction of sp³-hybridized carbons (Fsp3) is 0.0556. The van der Waals surface area contributed by atoms with Crippen LogP contribution in [0.5, 0.6) is 5.75 Å². The molecule has 2 aromatic rings. The molecule has 0 fully saturated rings. The van der Waals surface area contributed by atoms with Crippen LogP contribution in [0.15, 0.2) is 64.6 Å². The van der Waals surface area contributed by atoms with Crippen molar-refractivity contribution >= 4 is 29.1 Å². The Bertz CT molecular complexity index is 849. The Hall–Kier alpha value is -3.01. The minimum absolute atomic E-state index is 0.303. The van der Waals surface area contributed by atoms with E-state index in [1.54, 1.807) is 6.08 Å². The molecule has 2 heterocycles. The van der Waals surface area contributed by atoms with Crippen LogP contribution in [0.25, 0.3) is 5.57 Å². The van der Waals surface area contributed by atoms with Gasteiger partial charge in [-0.1, -0.05) is 36.4 Å². The lowest BCUT2D eigenvalue weighted by Crippen LogP contribution is -2.14. The number of hydrogen-bond donors (Lipinski definition) is 0. The van der Waals surface area contributed by atoms with Crippen molar-refractivity contribution in [1.29, 1.82) is 0 Å². The first kappa shape index (κ1) is 12.7. The van der Waals surface area contributed by atoms with Gasteiger partial charge in [0.05, 0.1) is 11.3 Å². The predicted molar refractivity (Wildman–Crippen MR) is 85.8 cm³/mol. The number of ether oxygens (including phenoxy) is 1.